The predicted octanol–water partition coefficient (Wildman–Crippen LogP) is 3.96. The normalized spacial score (nSPS) is 19.4. The fraction of sp³-hybridized carbons (Fsp3) is 0.625. The fourth-order valence-corrected chi connectivity index (χ4v) is 3.76. The van der Waals surface area contributed by atoms with Crippen molar-refractivity contribution in [2.45, 2.75) is 50.7 Å². The molecule has 0 aromatic heterocycles. The summed E-state index contributed by atoms with van der Waals surface area (Å²) in [6.07, 6.45) is 7.11. The summed E-state index contributed by atoms with van der Waals surface area (Å²) < 4.78 is 5.77. The number of hydrogen-bond donors (Lipinski definition) is 2. The summed E-state index contributed by atoms with van der Waals surface area (Å²) >= 11 is 12.4. The summed E-state index contributed by atoms with van der Waals surface area (Å²) in [4.78, 5) is 0. The molecule has 0 aliphatic heterocycles. The number of ether oxygens (including phenoxy) is 1. The Morgan fingerprint density at radius 3 is 2.62 bits per heavy atom. The van der Waals surface area contributed by atoms with Gasteiger partial charge in [-0.2, -0.15) is 0 Å². The SMILES string of the molecule is COC(C1CCCCC1)C(Cc1cccc(Cl)c1Cl)NN. The second-order valence-corrected chi connectivity index (χ2v) is 6.57. The topological polar surface area (TPSA) is 47.3 Å². The molecule has 0 radical (unpaired) electrons. The first kappa shape index (κ1) is 17.0. The van der Waals surface area contributed by atoms with Crippen LogP contribution in [0.15, 0.2) is 18.2 Å². The van der Waals surface area contributed by atoms with Crippen molar-refractivity contribution in [3.63, 3.8) is 0 Å². The van der Waals surface area contributed by atoms with Crippen molar-refractivity contribution in [3.05, 3.63) is 33.8 Å². The number of rotatable bonds is 6. The summed E-state index contributed by atoms with van der Waals surface area (Å²) in [6.45, 7) is 0. The molecule has 2 unspecified atom stereocenters. The van der Waals surface area contributed by atoms with Crippen LogP contribution in [0.2, 0.25) is 10.0 Å². The number of halogens is 2. The third-order valence-electron chi connectivity index (χ3n) is 4.47. The molecule has 118 valence electrons. The maximum Gasteiger partial charge on any atom is 0.0769 e. The average molecular weight is 331 g/mol. The van der Waals surface area contributed by atoms with E-state index in [4.69, 9.17) is 33.8 Å². The Morgan fingerprint density at radius 1 is 1.29 bits per heavy atom. The van der Waals surface area contributed by atoms with Crippen molar-refractivity contribution in [3.8, 4) is 0 Å². The lowest BCUT2D eigenvalue weighted by atomic mass is 9.81. The molecule has 21 heavy (non-hydrogen) atoms. The van der Waals surface area contributed by atoms with E-state index < -0.39 is 0 Å². The van der Waals surface area contributed by atoms with Gasteiger partial charge >= 0.3 is 0 Å². The molecule has 0 saturated heterocycles. The van der Waals surface area contributed by atoms with Gasteiger partial charge in [0.05, 0.1) is 22.2 Å². The van der Waals surface area contributed by atoms with E-state index in [1.165, 1.54) is 32.1 Å². The zero-order valence-electron chi connectivity index (χ0n) is 12.4. The number of nitrogens with two attached hydrogens (primary N) is 1. The standard InChI is InChI=1S/C16H24Cl2N2O/c1-21-16(11-6-3-2-4-7-11)14(20-19)10-12-8-5-9-13(17)15(12)18/h5,8-9,11,14,16,20H,2-4,6-7,10,19H2,1H3. The molecule has 2 atom stereocenters. The minimum atomic E-state index is 0.0362. The zero-order valence-corrected chi connectivity index (χ0v) is 14.0. The Balaban J connectivity index is 2.11. The molecule has 1 aromatic rings. The monoisotopic (exact) mass is 330 g/mol. The van der Waals surface area contributed by atoms with Gasteiger partial charge in [-0.05, 0) is 36.8 Å². The van der Waals surface area contributed by atoms with Crippen LogP contribution in [0.25, 0.3) is 0 Å². The highest BCUT2D eigenvalue weighted by molar-refractivity contribution is 6.42. The van der Waals surface area contributed by atoms with Gasteiger partial charge in [0.2, 0.25) is 0 Å². The van der Waals surface area contributed by atoms with E-state index in [1.807, 2.05) is 12.1 Å². The average Bonchev–Trinajstić information content (AvgIpc) is 2.52. The van der Waals surface area contributed by atoms with E-state index in [9.17, 15) is 0 Å². The molecule has 3 nitrogen and oxygen atoms in total. The van der Waals surface area contributed by atoms with Crippen LogP contribution in [-0.4, -0.2) is 19.3 Å². The lowest BCUT2D eigenvalue weighted by molar-refractivity contribution is 0.00828. The highest BCUT2D eigenvalue weighted by Crippen LogP contribution is 2.32. The molecular weight excluding hydrogens is 307 g/mol. The summed E-state index contributed by atoms with van der Waals surface area (Å²) in [7, 11) is 1.77. The third kappa shape index (κ3) is 4.33. The second kappa shape index (κ2) is 8.35. The van der Waals surface area contributed by atoms with Crippen molar-refractivity contribution in [1.29, 1.82) is 0 Å². The first-order chi connectivity index (χ1) is 10.2. The molecule has 1 aromatic carbocycles. The minimum Gasteiger partial charge on any atom is -0.379 e. The predicted molar refractivity (Wildman–Crippen MR) is 88.6 cm³/mol. The Hall–Kier alpha value is -0.320. The first-order valence-corrected chi connectivity index (χ1v) is 8.34. The Bertz CT molecular complexity index is 450. The van der Waals surface area contributed by atoms with E-state index >= 15 is 0 Å². The molecule has 1 aliphatic carbocycles. The summed E-state index contributed by atoms with van der Waals surface area (Å²) in [5.41, 5.74) is 3.92. The minimum absolute atomic E-state index is 0.0362. The smallest absolute Gasteiger partial charge is 0.0769 e. The molecule has 5 heteroatoms. The van der Waals surface area contributed by atoms with E-state index in [-0.39, 0.29) is 12.1 Å². The van der Waals surface area contributed by atoms with Gasteiger partial charge in [0, 0.05) is 7.11 Å². The van der Waals surface area contributed by atoms with Crippen molar-refractivity contribution in [2.24, 2.45) is 11.8 Å². The van der Waals surface area contributed by atoms with E-state index in [1.54, 1.807) is 13.2 Å². The Kier molecular flexibility index (Phi) is 6.77. The van der Waals surface area contributed by atoms with Crippen molar-refractivity contribution >= 4 is 23.2 Å². The van der Waals surface area contributed by atoms with Crippen molar-refractivity contribution < 1.29 is 4.74 Å². The maximum absolute atomic E-state index is 6.29. The van der Waals surface area contributed by atoms with E-state index in [0.717, 1.165) is 5.56 Å². The number of benzene rings is 1. The van der Waals surface area contributed by atoms with Crippen LogP contribution in [-0.2, 0) is 11.2 Å². The maximum atomic E-state index is 6.29. The number of hydrogen-bond acceptors (Lipinski definition) is 3. The molecule has 1 fully saturated rings. The van der Waals surface area contributed by atoms with Crippen LogP contribution >= 0.6 is 23.2 Å². The Labute approximate surface area is 137 Å². The van der Waals surface area contributed by atoms with Gasteiger partial charge in [0.1, 0.15) is 0 Å². The van der Waals surface area contributed by atoms with Crippen LogP contribution in [0, 0.1) is 5.92 Å². The van der Waals surface area contributed by atoms with Gasteiger partial charge in [-0.1, -0.05) is 54.6 Å². The lowest BCUT2D eigenvalue weighted by Gasteiger charge is -2.34. The van der Waals surface area contributed by atoms with Crippen LogP contribution in [0.1, 0.15) is 37.7 Å². The van der Waals surface area contributed by atoms with Crippen molar-refractivity contribution in [1.82, 2.24) is 5.43 Å². The molecule has 3 N–H and O–H groups in total. The number of nitrogens with one attached hydrogen (secondary N) is 1. The summed E-state index contributed by atoms with van der Waals surface area (Å²) in [5.74, 6) is 6.34. The van der Waals surface area contributed by atoms with E-state index in [2.05, 4.69) is 5.43 Å². The van der Waals surface area contributed by atoms with Gasteiger partial charge in [-0.15, -0.1) is 0 Å². The molecule has 0 spiro atoms. The Morgan fingerprint density at radius 2 is 2.00 bits per heavy atom. The third-order valence-corrected chi connectivity index (χ3v) is 5.33. The summed E-state index contributed by atoms with van der Waals surface area (Å²) in [6, 6.07) is 5.74. The lowest BCUT2D eigenvalue weighted by Crippen LogP contribution is -2.49. The number of methoxy groups -OCH3 is 1. The highest BCUT2D eigenvalue weighted by Gasteiger charge is 2.30. The summed E-state index contributed by atoms with van der Waals surface area (Å²) in [5, 5.41) is 1.19. The van der Waals surface area contributed by atoms with Crippen molar-refractivity contribution in [2.75, 3.05) is 7.11 Å². The van der Waals surface area contributed by atoms with Crippen LogP contribution < -0.4 is 11.3 Å². The van der Waals surface area contributed by atoms with Gasteiger partial charge in [0.25, 0.3) is 0 Å². The quantitative estimate of drug-likeness (QED) is 0.613. The largest absolute Gasteiger partial charge is 0.379 e. The number of hydrazine groups is 1. The van der Waals surface area contributed by atoms with Gasteiger partial charge in [0.15, 0.2) is 0 Å². The van der Waals surface area contributed by atoms with Crippen LogP contribution in [0.3, 0.4) is 0 Å². The van der Waals surface area contributed by atoms with E-state index in [0.29, 0.717) is 22.4 Å². The molecule has 1 aliphatic rings. The molecule has 1 saturated carbocycles. The molecular formula is C16H24Cl2N2O. The van der Waals surface area contributed by atoms with Gasteiger partial charge < -0.3 is 4.74 Å². The fourth-order valence-electron chi connectivity index (χ4n) is 3.36. The highest BCUT2D eigenvalue weighted by atomic mass is 35.5. The first-order valence-electron chi connectivity index (χ1n) is 7.59. The molecule has 0 amide bonds. The van der Waals surface area contributed by atoms with Crippen LogP contribution in [0.4, 0.5) is 0 Å². The zero-order chi connectivity index (χ0) is 15.2. The second-order valence-electron chi connectivity index (χ2n) is 5.79. The molecule has 0 heterocycles. The molecule has 0 bridgehead atoms. The van der Waals surface area contributed by atoms with Gasteiger partial charge in [-0.25, -0.2) is 0 Å². The molecule has 2 rings (SSSR count). The van der Waals surface area contributed by atoms with Crippen LogP contribution in [0.5, 0.6) is 0 Å². The van der Waals surface area contributed by atoms with Gasteiger partial charge in [-0.3, -0.25) is 11.3 Å².